The number of thioether (sulfide) groups is 1. The van der Waals surface area contributed by atoms with Gasteiger partial charge in [0.05, 0.1) is 51.8 Å². The monoisotopic (exact) mass is 634 g/mol. The normalized spacial score (nSPS) is 16.3. The first kappa shape index (κ1) is 30.7. The summed E-state index contributed by atoms with van der Waals surface area (Å²) in [5, 5.41) is 22.1. The molecule has 1 unspecified atom stereocenters. The fourth-order valence-electron chi connectivity index (χ4n) is 5.26. The average molecular weight is 635 g/mol. The van der Waals surface area contributed by atoms with E-state index in [1.807, 2.05) is 6.07 Å². The minimum absolute atomic E-state index is 0.0535. The molecule has 14 heteroatoms. The topological polar surface area (TPSA) is 162 Å². The van der Waals surface area contributed by atoms with Crippen LogP contribution >= 0.6 is 23.1 Å². The molecule has 5 rings (SSSR count). The highest BCUT2D eigenvalue weighted by Crippen LogP contribution is 2.48. The molecule has 2 heterocycles. The number of nitrogens with zero attached hydrogens (tertiary/aromatic N) is 4. The van der Waals surface area contributed by atoms with E-state index in [-0.39, 0.29) is 28.8 Å². The molecule has 0 saturated carbocycles. The Morgan fingerprint density at radius 1 is 1.05 bits per heavy atom. The van der Waals surface area contributed by atoms with Crippen molar-refractivity contribution < 1.29 is 28.5 Å². The van der Waals surface area contributed by atoms with Crippen LogP contribution in [-0.2, 0) is 9.59 Å². The molecule has 3 N–H and O–H groups in total. The van der Waals surface area contributed by atoms with Crippen LogP contribution < -0.4 is 34.9 Å². The van der Waals surface area contributed by atoms with Gasteiger partial charge in [0.25, 0.3) is 0 Å². The molecule has 2 aromatic carbocycles. The number of allylic oxidation sites excluding steroid dienone is 3. The van der Waals surface area contributed by atoms with Gasteiger partial charge in [-0.2, -0.15) is 5.26 Å². The highest BCUT2D eigenvalue weighted by Gasteiger charge is 2.41. The molecule has 0 fully saturated rings. The second-order valence-corrected chi connectivity index (χ2v) is 11.9. The molecule has 0 spiro atoms. The van der Waals surface area contributed by atoms with Crippen molar-refractivity contribution in [3.05, 3.63) is 64.6 Å². The van der Waals surface area contributed by atoms with E-state index in [0.29, 0.717) is 74.3 Å². The third kappa shape index (κ3) is 5.88. The molecule has 3 aromatic rings. The molecule has 1 aromatic heterocycles. The summed E-state index contributed by atoms with van der Waals surface area (Å²) < 4.78 is 21.9. The Hall–Kier alpha value is -4.74. The van der Waals surface area contributed by atoms with Crippen molar-refractivity contribution >= 4 is 45.6 Å². The Bertz CT molecular complexity index is 1710. The Kier molecular flexibility index (Phi) is 9.26. The maximum Gasteiger partial charge on any atom is 0.234 e. The molecule has 1 aliphatic heterocycles. The van der Waals surface area contributed by atoms with Crippen LogP contribution in [-0.4, -0.2) is 56.1 Å². The summed E-state index contributed by atoms with van der Waals surface area (Å²) in [7, 11) is 6.13. The lowest BCUT2D eigenvalue weighted by Crippen LogP contribution is -2.38. The van der Waals surface area contributed by atoms with E-state index in [9.17, 15) is 14.9 Å². The molecule has 12 nitrogen and oxygen atoms in total. The molecule has 1 amide bonds. The van der Waals surface area contributed by atoms with Crippen LogP contribution in [0, 0.1) is 11.3 Å². The first-order valence-corrected chi connectivity index (χ1v) is 15.3. The number of ether oxygens (including phenoxy) is 4. The van der Waals surface area contributed by atoms with E-state index in [0.717, 1.165) is 0 Å². The number of carbonyl (C=O) groups is 2. The maximum atomic E-state index is 13.4. The van der Waals surface area contributed by atoms with Gasteiger partial charge in [-0.3, -0.25) is 14.5 Å². The minimum Gasteiger partial charge on any atom is -0.493 e. The van der Waals surface area contributed by atoms with E-state index in [4.69, 9.17) is 24.7 Å². The van der Waals surface area contributed by atoms with Gasteiger partial charge in [0.15, 0.2) is 33.1 Å². The van der Waals surface area contributed by atoms with E-state index < -0.39 is 5.92 Å². The van der Waals surface area contributed by atoms with Crippen molar-refractivity contribution in [2.45, 2.75) is 29.5 Å². The number of amides is 1. The number of hydrogen-bond acceptors (Lipinski definition) is 13. The van der Waals surface area contributed by atoms with Gasteiger partial charge in [-0.15, -0.1) is 10.2 Å². The van der Waals surface area contributed by atoms with Crippen molar-refractivity contribution in [1.82, 2.24) is 10.2 Å². The zero-order chi connectivity index (χ0) is 31.4. The summed E-state index contributed by atoms with van der Waals surface area (Å²) in [4.78, 5) is 27.8. The van der Waals surface area contributed by atoms with Crippen LogP contribution in [0.5, 0.6) is 23.0 Å². The zero-order valence-electron chi connectivity index (χ0n) is 24.5. The van der Waals surface area contributed by atoms with Gasteiger partial charge in [0, 0.05) is 29.4 Å². The lowest BCUT2D eigenvalue weighted by molar-refractivity contribution is -0.116. The van der Waals surface area contributed by atoms with Gasteiger partial charge in [-0.1, -0.05) is 29.2 Å². The van der Waals surface area contributed by atoms with E-state index in [1.54, 1.807) is 42.3 Å². The predicted octanol–water partition coefficient (Wildman–Crippen LogP) is 4.61. The minimum atomic E-state index is -0.666. The fraction of sp³-hybridized carbons (Fsp3) is 0.300. The molecular weight excluding hydrogens is 605 g/mol. The second kappa shape index (κ2) is 13.3. The van der Waals surface area contributed by atoms with Crippen LogP contribution in [0.4, 0.5) is 10.8 Å². The molecule has 2 aliphatic rings. The number of anilines is 2. The number of nitrogens with one attached hydrogen (secondary N) is 1. The smallest absolute Gasteiger partial charge is 0.234 e. The van der Waals surface area contributed by atoms with Crippen LogP contribution in [0.2, 0.25) is 0 Å². The predicted molar refractivity (Wildman–Crippen MR) is 166 cm³/mol. The molecular formula is C30H30N6O6S2. The average Bonchev–Trinajstić information content (AvgIpc) is 3.51. The third-order valence-corrected chi connectivity index (χ3v) is 9.28. The Morgan fingerprint density at radius 2 is 1.73 bits per heavy atom. The number of Topliss-reactive ketones (excluding diaryl/α,β-unsaturated/α-hetero) is 1. The summed E-state index contributed by atoms with van der Waals surface area (Å²) in [5.74, 6) is 1.36. The van der Waals surface area contributed by atoms with Crippen molar-refractivity contribution in [1.29, 1.82) is 5.26 Å². The van der Waals surface area contributed by atoms with E-state index in [1.165, 1.54) is 44.4 Å². The largest absolute Gasteiger partial charge is 0.493 e. The SMILES string of the molecule is COc1ccc(NC(=O)CSc2nnc(N3C(N)=C(C#N)C(c4ccc(OC)c(OC)c4)C4=C3CCCC4=O)s2)cc1OC. The lowest BCUT2D eigenvalue weighted by atomic mass is 9.75. The molecule has 1 aliphatic carbocycles. The van der Waals surface area contributed by atoms with Crippen LogP contribution in [0.25, 0.3) is 0 Å². The van der Waals surface area contributed by atoms with Crippen LogP contribution in [0.1, 0.15) is 30.7 Å². The quantitative estimate of drug-likeness (QED) is 0.298. The molecule has 228 valence electrons. The number of nitriles is 1. The lowest BCUT2D eigenvalue weighted by Gasteiger charge is -2.38. The molecule has 0 radical (unpaired) electrons. The van der Waals surface area contributed by atoms with Crippen molar-refractivity contribution in [3.8, 4) is 29.1 Å². The molecule has 1 atom stereocenters. The molecule has 44 heavy (non-hydrogen) atoms. The fourth-order valence-corrected chi connectivity index (χ4v) is 6.94. The Labute approximate surface area is 262 Å². The zero-order valence-corrected chi connectivity index (χ0v) is 26.1. The number of methoxy groups -OCH3 is 4. The van der Waals surface area contributed by atoms with Crippen molar-refractivity contribution in [2.24, 2.45) is 5.73 Å². The van der Waals surface area contributed by atoms with Crippen molar-refractivity contribution in [2.75, 3.05) is 44.4 Å². The summed E-state index contributed by atoms with van der Waals surface area (Å²) in [6.45, 7) is 0. The second-order valence-electron chi connectivity index (χ2n) is 9.69. The van der Waals surface area contributed by atoms with Gasteiger partial charge in [0.1, 0.15) is 5.82 Å². The highest BCUT2D eigenvalue weighted by molar-refractivity contribution is 8.01. The highest BCUT2D eigenvalue weighted by atomic mass is 32.2. The van der Waals surface area contributed by atoms with Gasteiger partial charge >= 0.3 is 0 Å². The first-order valence-electron chi connectivity index (χ1n) is 13.5. The standard InChI is InChI=1S/C30H30N6O6S2/c1-39-21-10-8-16(12-23(21)41-3)26-18(14-31)28(32)36(19-6-5-7-20(37)27(19)26)29-34-35-30(44-29)43-15-25(38)33-17-9-11-22(40-2)24(13-17)42-4/h8-13,26H,5-7,15,32H2,1-4H3,(H,33,38). The molecule has 0 saturated heterocycles. The Morgan fingerprint density at radius 3 is 2.41 bits per heavy atom. The number of hydrogen-bond donors (Lipinski definition) is 2. The van der Waals surface area contributed by atoms with E-state index >= 15 is 0 Å². The number of nitrogens with two attached hydrogens (primary N) is 1. The number of ketones is 1. The van der Waals surface area contributed by atoms with Crippen LogP contribution in [0.15, 0.2) is 63.4 Å². The number of rotatable bonds is 10. The summed E-state index contributed by atoms with van der Waals surface area (Å²) >= 11 is 2.44. The maximum absolute atomic E-state index is 13.4. The summed E-state index contributed by atoms with van der Waals surface area (Å²) in [5.41, 5.74) is 9.35. The summed E-state index contributed by atoms with van der Waals surface area (Å²) in [6.07, 6.45) is 1.57. The first-order chi connectivity index (χ1) is 21.3. The van der Waals surface area contributed by atoms with Gasteiger partial charge in [-0.25, -0.2) is 0 Å². The number of aromatic nitrogens is 2. The summed E-state index contributed by atoms with van der Waals surface area (Å²) in [6, 6.07) is 12.7. The number of benzene rings is 2. The van der Waals surface area contributed by atoms with Gasteiger partial charge in [-0.05, 0) is 42.7 Å². The molecule has 0 bridgehead atoms. The van der Waals surface area contributed by atoms with Crippen LogP contribution in [0.3, 0.4) is 0 Å². The number of carbonyl (C=O) groups excluding carboxylic acids is 2. The van der Waals surface area contributed by atoms with Crippen molar-refractivity contribution in [3.63, 3.8) is 0 Å². The van der Waals surface area contributed by atoms with Gasteiger partial charge in [0.2, 0.25) is 11.0 Å². The van der Waals surface area contributed by atoms with Gasteiger partial charge < -0.3 is 30.0 Å². The van der Waals surface area contributed by atoms with E-state index in [2.05, 4.69) is 21.6 Å². The Balaban J connectivity index is 1.40. The third-order valence-electron chi connectivity index (χ3n) is 7.24.